The second kappa shape index (κ2) is 10.8. The van der Waals surface area contributed by atoms with Crippen LogP contribution >= 0.6 is 11.8 Å². The normalized spacial score (nSPS) is 15.3. The van der Waals surface area contributed by atoms with Crippen molar-refractivity contribution in [2.24, 2.45) is 0 Å². The summed E-state index contributed by atoms with van der Waals surface area (Å²) in [5.41, 5.74) is -1.16. The maximum Gasteiger partial charge on any atom is 0.418 e. The number of anilines is 1. The third kappa shape index (κ3) is 6.96. The molecule has 2 amide bonds. The Hall–Kier alpha value is -2.59. The first-order valence-corrected chi connectivity index (χ1v) is 11.1. The van der Waals surface area contributed by atoms with Crippen LogP contribution in [0.3, 0.4) is 0 Å². The van der Waals surface area contributed by atoms with Gasteiger partial charge >= 0.3 is 6.18 Å². The molecule has 0 aliphatic carbocycles. The molecule has 0 atom stereocenters. The van der Waals surface area contributed by atoms with E-state index in [0.29, 0.717) is 32.6 Å². The number of amides is 2. The van der Waals surface area contributed by atoms with Crippen molar-refractivity contribution < 1.29 is 27.2 Å². The van der Waals surface area contributed by atoms with Crippen LogP contribution in [0.2, 0.25) is 0 Å². The minimum Gasteiger partial charge on any atom is -0.341 e. The molecule has 0 aromatic heterocycles. The standard InChI is InChI=1S/C22H23F4N3O2S/c23-16-6-8-17(9-7-16)32-15-21(31)29-11-3-10-28(12-13-29)14-20(30)27-19-5-2-1-4-18(19)22(24,25)26/h1-2,4-9H,3,10-15H2,(H,27,30). The Morgan fingerprint density at radius 2 is 1.69 bits per heavy atom. The molecular formula is C22H23F4N3O2S. The first-order chi connectivity index (χ1) is 15.2. The number of hydrogen-bond acceptors (Lipinski definition) is 4. The Morgan fingerprint density at radius 3 is 2.41 bits per heavy atom. The average Bonchev–Trinajstić information content (AvgIpc) is 2.98. The molecule has 5 nitrogen and oxygen atoms in total. The van der Waals surface area contributed by atoms with Gasteiger partial charge in [0.2, 0.25) is 11.8 Å². The zero-order chi connectivity index (χ0) is 23.1. The summed E-state index contributed by atoms with van der Waals surface area (Å²) in [6.45, 7) is 1.91. The number of rotatable bonds is 6. The van der Waals surface area contributed by atoms with E-state index in [9.17, 15) is 27.2 Å². The number of nitrogens with one attached hydrogen (secondary N) is 1. The molecule has 2 aromatic carbocycles. The zero-order valence-corrected chi connectivity index (χ0v) is 18.0. The number of alkyl halides is 3. The van der Waals surface area contributed by atoms with Crippen molar-refractivity contribution in [1.82, 2.24) is 9.80 Å². The van der Waals surface area contributed by atoms with Gasteiger partial charge in [-0.25, -0.2) is 4.39 Å². The van der Waals surface area contributed by atoms with Gasteiger partial charge in [0, 0.05) is 31.1 Å². The Kier molecular flexibility index (Phi) is 8.14. The first kappa shape index (κ1) is 24.1. The summed E-state index contributed by atoms with van der Waals surface area (Å²) in [6, 6.07) is 10.8. The largest absolute Gasteiger partial charge is 0.418 e. The van der Waals surface area contributed by atoms with Crippen LogP contribution in [-0.4, -0.2) is 60.1 Å². The smallest absolute Gasteiger partial charge is 0.341 e. The van der Waals surface area contributed by atoms with Crippen LogP contribution < -0.4 is 5.32 Å². The molecule has 2 aromatic rings. The summed E-state index contributed by atoms with van der Waals surface area (Å²) in [7, 11) is 0. The molecule has 1 saturated heterocycles. The lowest BCUT2D eigenvalue weighted by Gasteiger charge is -2.22. The van der Waals surface area contributed by atoms with Crippen molar-refractivity contribution in [1.29, 1.82) is 0 Å². The topological polar surface area (TPSA) is 52.7 Å². The van der Waals surface area contributed by atoms with Crippen LogP contribution in [0, 0.1) is 5.82 Å². The Morgan fingerprint density at radius 1 is 0.969 bits per heavy atom. The van der Waals surface area contributed by atoms with Gasteiger partial charge in [0.15, 0.2) is 0 Å². The van der Waals surface area contributed by atoms with Crippen LogP contribution in [0.1, 0.15) is 12.0 Å². The molecule has 1 aliphatic heterocycles. The quantitative estimate of drug-likeness (QED) is 0.511. The van der Waals surface area contributed by atoms with Gasteiger partial charge in [0.05, 0.1) is 23.5 Å². The lowest BCUT2D eigenvalue weighted by Crippen LogP contribution is -2.38. The van der Waals surface area contributed by atoms with Crippen LogP contribution in [0.25, 0.3) is 0 Å². The fourth-order valence-corrected chi connectivity index (χ4v) is 4.18. The fourth-order valence-electron chi connectivity index (χ4n) is 3.38. The molecule has 1 fully saturated rings. The lowest BCUT2D eigenvalue weighted by atomic mass is 10.1. The van der Waals surface area contributed by atoms with Crippen molar-refractivity contribution >= 4 is 29.3 Å². The highest BCUT2D eigenvalue weighted by molar-refractivity contribution is 8.00. The Balaban J connectivity index is 1.48. The summed E-state index contributed by atoms with van der Waals surface area (Å²) in [5, 5.41) is 2.35. The zero-order valence-electron chi connectivity index (χ0n) is 17.2. The van der Waals surface area contributed by atoms with Gasteiger partial charge in [-0.3, -0.25) is 14.5 Å². The molecule has 1 aliphatic rings. The highest BCUT2D eigenvalue weighted by Gasteiger charge is 2.33. The number of thioether (sulfide) groups is 1. The predicted octanol–water partition coefficient (Wildman–Crippen LogP) is 4.11. The monoisotopic (exact) mass is 469 g/mol. The van der Waals surface area contributed by atoms with Crippen LogP contribution in [0.5, 0.6) is 0 Å². The van der Waals surface area contributed by atoms with E-state index in [-0.39, 0.29) is 29.7 Å². The minimum absolute atomic E-state index is 0.0512. The van der Waals surface area contributed by atoms with E-state index < -0.39 is 17.6 Å². The minimum atomic E-state index is -4.56. The molecule has 0 spiro atoms. The van der Waals surface area contributed by atoms with Crippen molar-refractivity contribution in [3.8, 4) is 0 Å². The number of carbonyl (C=O) groups is 2. The molecule has 0 unspecified atom stereocenters. The molecule has 0 saturated carbocycles. The van der Waals surface area contributed by atoms with Crippen molar-refractivity contribution in [2.45, 2.75) is 17.5 Å². The average molecular weight is 470 g/mol. The Bertz CT molecular complexity index is 938. The summed E-state index contributed by atoms with van der Waals surface area (Å²) < 4.78 is 52.3. The maximum atomic E-state index is 13.1. The number of nitrogens with zero attached hydrogens (tertiary/aromatic N) is 2. The van der Waals surface area contributed by atoms with Crippen molar-refractivity contribution in [2.75, 3.05) is 43.8 Å². The van der Waals surface area contributed by atoms with E-state index in [4.69, 9.17) is 0 Å². The Labute approximate surface area is 187 Å². The third-order valence-corrected chi connectivity index (χ3v) is 5.99. The number of benzene rings is 2. The van der Waals surface area contributed by atoms with Gasteiger partial charge < -0.3 is 10.2 Å². The molecule has 172 valence electrons. The maximum absolute atomic E-state index is 13.1. The van der Waals surface area contributed by atoms with Gasteiger partial charge in [0.25, 0.3) is 0 Å². The second-order valence-corrected chi connectivity index (χ2v) is 8.39. The number of para-hydroxylation sites is 1. The molecule has 1 heterocycles. The van der Waals surface area contributed by atoms with Gasteiger partial charge in [-0.1, -0.05) is 12.1 Å². The molecule has 10 heteroatoms. The van der Waals surface area contributed by atoms with E-state index in [2.05, 4.69) is 5.32 Å². The van der Waals surface area contributed by atoms with Gasteiger partial charge in [-0.15, -0.1) is 11.8 Å². The highest BCUT2D eigenvalue weighted by Crippen LogP contribution is 2.34. The van der Waals surface area contributed by atoms with Gasteiger partial charge in [0.1, 0.15) is 5.82 Å². The summed E-state index contributed by atoms with van der Waals surface area (Å²) in [6.07, 6.45) is -3.90. The van der Waals surface area contributed by atoms with Crippen LogP contribution in [0.4, 0.5) is 23.2 Å². The van der Waals surface area contributed by atoms with Gasteiger partial charge in [-0.2, -0.15) is 13.2 Å². The van der Waals surface area contributed by atoms with Crippen LogP contribution in [-0.2, 0) is 15.8 Å². The second-order valence-electron chi connectivity index (χ2n) is 7.34. The first-order valence-electron chi connectivity index (χ1n) is 10.1. The molecular weight excluding hydrogens is 446 g/mol. The van der Waals surface area contributed by atoms with E-state index >= 15 is 0 Å². The summed E-state index contributed by atoms with van der Waals surface area (Å²) in [4.78, 5) is 29.2. The van der Waals surface area contributed by atoms with Gasteiger partial charge in [-0.05, 0) is 42.8 Å². The molecule has 0 radical (unpaired) electrons. The molecule has 0 bridgehead atoms. The van der Waals surface area contributed by atoms with E-state index in [1.807, 2.05) is 4.90 Å². The molecule has 1 N–H and O–H groups in total. The van der Waals surface area contributed by atoms with E-state index in [0.717, 1.165) is 11.0 Å². The predicted molar refractivity (Wildman–Crippen MR) is 115 cm³/mol. The third-order valence-electron chi connectivity index (χ3n) is 4.99. The molecule has 3 rings (SSSR count). The summed E-state index contributed by atoms with van der Waals surface area (Å²) >= 11 is 1.33. The highest BCUT2D eigenvalue weighted by atomic mass is 32.2. The van der Waals surface area contributed by atoms with Crippen molar-refractivity contribution in [3.05, 3.63) is 59.9 Å². The fraction of sp³-hybridized carbons (Fsp3) is 0.364. The van der Waals surface area contributed by atoms with E-state index in [1.54, 1.807) is 17.0 Å². The van der Waals surface area contributed by atoms with Crippen molar-refractivity contribution in [3.63, 3.8) is 0 Å². The van der Waals surface area contributed by atoms with E-state index in [1.165, 1.54) is 42.1 Å². The number of carbonyl (C=O) groups excluding carboxylic acids is 2. The number of halogens is 4. The summed E-state index contributed by atoms with van der Waals surface area (Å²) in [5.74, 6) is -0.697. The molecule has 32 heavy (non-hydrogen) atoms. The van der Waals surface area contributed by atoms with Crippen LogP contribution in [0.15, 0.2) is 53.4 Å². The SMILES string of the molecule is O=C(CN1CCCN(C(=O)CSc2ccc(F)cc2)CC1)Nc1ccccc1C(F)(F)F. The lowest BCUT2D eigenvalue weighted by molar-refractivity contribution is -0.137. The number of hydrogen-bond donors (Lipinski definition) is 1.